The standard InChI is InChI=1S/C7H14O2.C7H12O.C7H8O.C6H7NO.4CH4.I2.W/c8-5-6-3-1-2-4-7(6)9;2*8-6-7-4-2-1-3-5-7;8-5-6-1-3-7-4-2-6;;;;;1-2;/h6-9H,1-5H2;4,8H,1-3,5-6H2;1-5,8H,6H2;1-4,8H,5H2;4*1H4;;/t6-,7+;;;;;;;;;/m0........./s1. The molecule has 1 aromatic heterocycles. The monoisotopic (exact) mass is 961 g/mol. The van der Waals surface area contributed by atoms with Crippen molar-refractivity contribution in [3.63, 3.8) is 0 Å². The van der Waals surface area contributed by atoms with Gasteiger partial charge in [0, 0.05) is 83.2 Å². The Labute approximate surface area is 283 Å². The van der Waals surface area contributed by atoms with Gasteiger partial charge in [0.2, 0.25) is 0 Å². The molecule has 0 amide bonds. The topological polar surface area (TPSA) is 114 Å². The van der Waals surface area contributed by atoms with Crippen LogP contribution in [0.2, 0.25) is 0 Å². The van der Waals surface area contributed by atoms with E-state index in [0.29, 0.717) is 0 Å². The van der Waals surface area contributed by atoms with E-state index >= 15 is 0 Å². The van der Waals surface area contributed by atoms with Gasteiger partial charge >= 0.3 is 0 Å². The van der Waals surface area contributed by atoms with E-state index in [1.165, 1.54) is 31.3 Å². The second-order valence-electron chi connectivity index (χ2n) is 8.22. The third-order valence-corrected chi connectivity index (χ3v) is 5.65. The van der Waals surface area contributed by atoms with Crippen LogP contribution in [0.3, 0.4) is 0 Å². The maximum absolute atomic E-state index is 9.21. The number of nitrogens with zero attached hydrogens (tertiary/aromatic N) is 1. The molecule has 1 saturated carbocycles. The SMILES string of the molecule is C.C.C.C.II.OCC1=CCCCC1.OC[C@@H]1CCCC[C@H]1O.OCc1ccccc1.OCc1ccncc1.[W]. The number of aliphatic hydroxyl groups is 5. The van der Waals surface area contributed by atoms with Crippen molar-refractivity contribution < 1.29 is 46.6 Å². The predicted molar refractivity (Wildman–Crippen MR) is 186 cm³/mol. The molecule has 0 unspecified atom stereocenters. The van der Waals surface area contributed by atoms with Crippen LogP contribution >= 0.6 is 37.2 Å². The zero-order chi connectivity index (χ0) is 26.2. The average molecular weight is 961 g/mol. The Morgan fingerprint density at radius 3 is 1.55 bits per heavy atom. The predicted octanol–water partition coefficient (Wildman–Crippen LogP) is 8.08. The van der Waals surface area contributed by atoms with Crippen LogP contribution in [0.4, 0.5) is 0 Å². The molecule has 1 heterocycles. The zero-order valence-corrected chi connectivity index (χ0v) is 28.0. The first kappa shape index (κ1) is 52.7. The minimum Gasteiger partial charge on any atom is -0.396 e. The maximum atomic E-state index is 9.21. The summed E-state index contributed by atoms with van der Waals surface area (Å²) in [4.78, 5) is 3.78. The maximum Gasteiger partial charge on any atom is 0.0682 e. The second kappa shape index (κ2) is 39.1. The fourth-order valence-corrected chi connectivity index (χ4v) is 3.52. The fourth-order valence-electron chi connectivity index (χ4n) is 3.52. The van der Waals surface area contributed by atoms with E-state index in [4.69, 9.17) is 20.4 Å². The molecule has 236 valence electrons. The van der Waals surface area contributed by atoms with Crippen LogP contribution in [0, 0.1) is 5.92 Å². The molecule has 9 heteroatoms. The van der Waals surface area contributed by atoms with Crippen LogP contribution in [0.15, 0.2) is 66.5 Å². The second-order valence-corrected chi connectivity index (χ2v) is 8.22. The van der Waals surface area contributed by atoms with Gasteiger partial charge < -0.3 is 25.5 Å². The molecule has 0 saturated heterocycles. The molecule has 6 nitrogen and oxygen atoms in total. The van der Waals surface area contributed by atoms with Crippen LogP contribution in [0.1, 0.15) is 92.2 Å². The summed E-state index contributed by atoms with van der Waals surface area (Å²) in [6.07, 6.45) is 14.3. The molecule has 1 fully saturated rings. The first-order valence-corrected chi connectivity index (χ1v) is 18.3. The largest absolute Gasteiger partial charge is 0.396 e. The van der Waals surface area contributed by atoms with E-state index in [-0.39, 0.29) is 89.2 Å². The molecular formula is C31H57I2NO5W. The zero-order valence-electron chi connectivity index (χ0n) is 20.8. The van der Waals surface area contributed by atoms with Gasteiger partial charge in [-0.1, -0.05) is 79.0 Å². The number of benzene rings is 1. The van der Waals surface area contributed by atoms with Crippen LogP contribution < -0.4 is 0 Å². The first-order valence-electron chi connectivity index (χ1n) is 12.0. The van der Waals surface area contributed by atoms with Gasteiger partial charge in [-0.3, -0.25) is 4.98 Å². The van der Waals surface area contributed by atoms with Gasteiger partial charge in [0.05, 0.1) is 25.9 Å². The Bertz CT molecular complexity index is 704. The summed E-state index contributed by atoms with van der Waals surface area (Å²) in [6.45, 7) is 0.671. The van der Waals surface area contributed by atoms with Gasteiger partial charge in [0.15, 0.2) is 0 Å². The molecular weight excluding hydrogens is 904 g/mol. The van der Waals surface area contributed by atoms with Crippen molar-refractivity contribution in [1.82, 2.24) is 4.98 Å². The molecule has 40 heavy (non-hydrogen) atoms. The van der Waals surface area contributed by atoms with Gasteiger partial charge in [-0.05, 0) is 67.4 Å². The van der Waals surface area contributed by atoms with Crippen molar-refractivity contribution in [2.24, 2.45) is 5.92 Å². The summed E-state index contributed by atoms with van der Waals surface area (Å²) in [5.74, 6) is 0.166. The Kier molecular flexibility index (Phi) is 51.4. The van der Waals surface area contributed by atoms with Crippen molar-refractivity contribution in [3.05, 3.63) is 77.6 Å². The third-order valence-electron chi connectivity index (χ3n) is 5.65. The van der Waals surface area contributed by atoms with Crippen LogP contribution in [0.25, 0.3) is 0 Å². The fraction of sp³-hybridized carbons (Fsp3) is 0.581. The smallest absolute Gasteiger partial charge is 0.0682 e. The van der Waals surface area contributed by atoms with Crippen LogP contribution in [-0.4, -0.2) is 49.8 Å². The number of halogens is 2. The molecule has 4 rings (SSSR count). The summed E-state index contributed by atoms with van der Waals surface area (Å²) in [7, 11) is 0. The van der Waals surface area contributed by atoms with E-state index < -0.39 is 0 Å². The van der Waals surface area contributed by atoms with Gasteiger partial charge in [-0.25, -0.2) is 0 Å². The molecule has 2 atom stereocenters. The van der Waals surface area contributed by atoms with Crippen LogP contribution in [0.5, 0.6) is 0 Å². The minimum absolute atomic E-state index is 0. The third kappa shape index (κ3) is 28.2. The molecule has 5 N–H and O–H groups in total. The Hall–Kier alpha value is 0.0583. The number of aliphatic hydroxyl groups excluding tert-OH is 5. The number of rotatable bonds is 4. The van der Waals surface area contributed by atoms with Crippen molar-refractivity contribution in [1.29, 1.82) is 0 Å². The summed E-state index contributed by atoms with van der Waals surface area (Å²) < 4.78 is 0. The Balaban J connectivity index is -0.0000000907. The number of pyridine rings is 1. The van der Waals surface area contributed by atoms with Crippen LogP contribution in [-0.2, 0) is 34.3 Å². The van der Waals surface area contributed by atoms with E-state index in [2.05, 4.69) is 48.3 Å². The summed E-state index contributed by atoms with van der Waals surface area (Å²) >= 11 is 4.24. The number of allylic oxidation sites excluding steroid dienone is 1. The summed E-state index contributed by atoms with van der Waals surface area (Å²) in [5.41, 5.74) is 3.10. The first-order chi connectivity index (χ1) is 17.1. The molecule has 0 bridgehead atoms. The van der Waals surface area contributed by atoms with Crippen molar-refractivity contribution in [2.45, 2.75) is 100 Å². The quantitative estimate of drug-likeness (QED) is 0.157. The Morgan fingerprint density at radius 2 is 1.23 bits per heavy atom. The Morgan fingerprint density at radius 1 is 0.700 bits per heavy atom. The van der Waals surface area contributed by atoms with E-state index in [9.17, 15) is 5.11 Å². The van der Waals surface area contributed by atoms with Gasteiger partial charge in [-0.15, -0.1) is 0 Å². The van der Waals surface area contributed by atoms with E-state index in [1.54, 1.807) is 24.5 Å². The van der Waals surface area contributed by atoms with E-state index in [1.807, 2.05) is 30.3 Å². The molecule has 2 aliphatic rings. The molecule has 0 aliphatic heterocycles. The van der Waals surface area contributed by atoms with Gasteiger partial charge in [-0.2, -0.15) is 0 Å². The molecule has 2 aliphatic carbocycles. The number of hydrogen-bond donors (Lipinski definition) is 5. The normalized spacial score (nSPS) is 16.1. The molecule has 0 spiro atoms. The minimum atomic E-state index is -0.233. The van der Waals surface area contributed by atoms with Crippen molar-refractivity contribution in [2.75, 3.05) is 13.2 Å². The van der Waals surface area contributed by atoms with E-state index in [0.717, 1.165) is 36.8 Å². The summed E-state index contributed by atoms with van der Waals surface area (Å²) in [5, 5.41) is 43.6. The van der Waals surface area contributed by atoms with Gasteiger partial charge in [0.25, 0.3) is 0 Å². The molecule has 2 aromatic rings. The number of aromatic nitrogens is 1. The van der Waals surface area contributed by atoms with Gasteiger partial charge in [0.1, 0.15) is 0 Å². The molecule has 0 radical (unpaired) electrons. The average Bonchev–Trinajstić information content (AvgIpc) is 2.96. The number of hydrogen-bond acceptors (Lipinski definition) is 6. The summed E-state index contributed by atoms with van der Waals surface area (Å²) in [6, 6.07) is 13.1. The van der Waals surface area contributed by atoms with Crippen molar-refractivity contribution >= 4 is 37.2 Å². The van der Waals surface area contributed by atoms with Crippen molar-refractivity contribution in [3.8, 4) is 0 Å². The molecule has 1 aromatic carbocycles.